The molecule has 0 spiro atoms. The van der Waals surface area contributed by atoms with E-state index >= 15 is 0 Å². The molecule has 0 bridgehead atoms. The van der Waals surface area contributed by atoms with Gasteiger partial charge < -0.3 is 10.6 Å². The molecule has 0 unspecified atom stereocenters. The van der Waals surface area contributed by atoms with Gasteiger partial charge in [0, 0.05) is 73.6 Å². The number of nitrogens with one attached hydrogen (secondary N) is 2. The van der Waals surface area contributed by atoms with Gasteiger partial charge in [0.25, 0.3) is 0 Å². The Morgan fingerprint density at radius 2 is 0.971 bits per heavy atom. The molecule has 170 valence electrons. The van der Waals surface area contributed by atoms with E-state index in [2.05, 4.69) is 69.1 Å². The SMILES string of the molecule is c1ccc(CCNCc2ccc3ccc4ccc(CNCCc5ccccn5)nc4c3n2)nc1. The van der Waals surface area contributed by atoms with Gasteiger partial charge in [-0.3, -0.25) is 9.97 Å². The Balaban J connectivity index is 1.24. The average molecular weight is 449 g/mol. The molecule has 0 saturated heterocycles. The van der Waals surface area contributed by atoms with Crippen molar-refractivity contribution in [2.45, 2.75) is 25.9 Å². The first-order valence-corrected chi connectivity index (χ1v) is 11.7. The Bertz CT molecular complexity index is 1250. The molecule has 0 amide bonds. The Morgan fingerprint density at radius 3 is 1.41 bits per heavy atom. The van der Waals surface area contributed by atoms with Crippen LogP contribution in [0.1, 0.15) is 22.8 Å². The predicted octanol–water partition coefficient (Wildman–Crippen LogP) is 4.24. The van der Waals surface area contributed by atoms with E-state index in [1.54, 1.807) is 0 Å². The smallest absolute Gasteiger partial charge is 0.0968 e. The van der Waals surface area contributed by atoms with Gasteiger partial charge in [-0.1, -0.05) is 36.4 Å². The molecule has 5 aromatic rings. The van der Waals surface area contributed by atoms with Crippen molar-refractivity contribution in [1.29, 1.82) is 0 Å². The molecule has 0 radical (unpaired) electrons. The van der Waals surface area contributed by atoms with Crippen molar-refractivity contribution in [3.05, 3.63) is 108 Å². The lowest BCUT2D eigenvalue weighted by atomic mass is 10.1. The molecule has 34 heavy (non-hydrogen) atoms. The van der Waals surface area contributed by atoms with Gasteiger partial charge in [0.05, 0.1) is 22.4 Å². The highest BCUT2D eigenvalue weighted by Crippen LogP contribution is 2.23. The average Bonchev–Trinajstić information content (AvgIpc) is 2.90. The molecular formula is C28H28N6. The van der Waals surface area contributed by atoms with Crippen molar-refractivity contribution < 1.29 is 0 Å². The summed E-state index contributed by atoms with van der Waals surface area (Å²) in [6.07, 6.45) is 5.47. The van der Waals surface area contributed by atoms with Crippen molar-refractivity contribution in [2.75, 3.05) is 13.1 Å². The number of rotatable bonds is 10. The highest BCUT2D eigenvalue weighted by molar-refractivity contribution is 6.02. The van der Waals surface area contributed by atoms with Crippen molar-refractivity contribution in [3.8, 4) is 0 Å². The lowest BCUT2D eigenvalue weighted by Gasteiger charge is -2.09. The van der Waals surface area contributed by atoms with E-state index in [1.807, 2.05) is 36.7 Å². The summed E-state index contributed by atoms with van der Waals surface area (Å²) < 4.78 is 0. The molecule has 6 nitrogen and oxygen atoms in total. The van der Waals surface area contributed by atoms with Crippen LogP contribution in [0.25, 0.3) is 21.8 Å². The minimum Gasteiger partial charge on any atom is -0.311 e. The Labute approximate surface area is 199 Å². The van der Waals surface area contributed by atoms with Gasteiger partial charge in [0.15, 0.2) is 0 Å². The zero-order chi connectivity index (χ0) is 23.0. The molecule has 1 aromatic carbocycles. The summed E-state index contributed by atoms with van der Waals surface area (Å²) in [4.78, 5) is 18.7. The maximum atomic E-state index is 4.96. The molecule has 0 saturated carbocycles. The third kappa shape index (κ3) is 5.60. The molecule has 2 N–H and O–H groups in total. The maximum absolute atomic E-state index is 4.96. The summed E-state index contributed by atoms with van der Waals surface area (Å²) >= 11 is 0. The number of pyridine rings is 4. The van der Waals surface area contributed by atoms with Gasteiger partial charge in [-0.15, -0.1) is 0 Å². The predicted molar refractivity (Wildman–Crippen MR) is 136 cm³/mol. The Morgan fingerprint density at radius 1 is 0.500 bits per heavy atom. The van der Waals surface area contributed by atoms with Crippen LogP contribution in [0.2, 0.25) is 0 Å². The fraction of sp³-hybridized carbons (Fsp3) is 0.214. The molecular weight excluding hydrogens is 420 g/mol. The molecule has 4 aromatic heterocycles. The normalized spacial score (nSPS) is 11.3. The minimum atomic E-state index is 0.716. The van der Waals surface area contributed by atoms with Gasteiger partial charge >= 0.3 is 0 Å². The third-order valence-corrected chi connectivity index (χ3v) is 5.82. The second-order valence-corrected chi connectivity index (χ2v) is 8.31. The summed E-state index contributed by atoms with van der Waals surface area (Å²) in [6.45, 7) is 3.15. The van der Waals surface area contributed by atoms with Crippen LogP contribution >= 0.6 is 0 Å². The first-order chi connectivity index (χ1) is 16.8. The lowest BCUT2D eigenvalue weighted by molar-refractivity contribution is 0.669. The Kier molecular flexibility index (Phi) is 7.09. The summed E-state index contributed by atoms with van der Waals surface area (Å²) in [5.74, 6) is 0. The van der Waals surface area contributed by atoms with E-state index in [0.717, 1.165) is 70.5 Å². The number of nitrogens with zero attached hydrogens (tertiary/aromatic N) is 4. The second kappa shape index (κ2) is 10.9. The minimum absolute atomic E-state index is 0.716. The van der Waals surface area contributed by atoms with Crippen molar-refractivity contribution in [1.82, 2.24) is 30.6 Å². The molecule has 6 heteroatoms. The van der Waals surface area contributed by atoms with Crippen molar-refractivity contribution >= 4 is 21.8 Å². The first-order valence-electron chi connectivity index (χ1n) is 11.7. The van der Waals surface area contributed by atoms with Crippen LogP contribution in [0.4, 0.5) is 0 Å². The zero-order valence-corrected chi connectivity index (χ0v) is 19.1. The molecule has 5 rings (SSSR count). The van der Waals surface area contributed by atoms with Crippen LogP contribution in [0.5, 0.6) is 0 Å². The van der Waals surface area contributed by atoms with Crippen LogP contribution in [0, 0.1) is 0 Å². The van der Waals surface area contributed by atoms with Crippen LogP contribution in [-0.2, 0) is 25.9 Å². The third-order valence-electron chi connectivity index (χ3n) is 5.82. The van der Waals surface area contributed by atoms with Crippen LogP contribution in [-0.4, -0.2) is 33.0 Å². The number of fused-ring (bicyclic) bond motifs is 3. The number of aromatic nitrogens is 4. The first kappa shape index (κ1) is 22.1. The topological polar surface area (TPSA) is 75.6 Å². The van der Waals surface area contributed by atoms with E-state index in [0.29, 0.717) is 13.1 Å². The van der Waals surface area contributed by atoms with Crippen LogP contribution in [0.15, 0.2) is 85.2 Å². The van der Waals surface area contributed by atoms with Gasteiger partial charge in [-0.25, -0.2) is 9.97 Å². The summed E-state index contributed by atoms with van der Waals surface area (Å²) in [7, 11) is 0. The number of benzene rings is 1. The monoisotopic (exact) mass is 448 g/mol. The standard InChI is InChI=1S/C28H28N6/c1-3-15-31-23(5-1)13-17-29-19-25-11-9-21-7-8-22-10-12-26(34-28(22)27(21)33-25)20-30-18-14-24-6-2-4-16-32-24/h1-12,15-16,29-30H,13-14,17-20H2. The van der Waals surface area contributed by atoms with Crippen molar-refractivity contribution in [3.63, 3.8) is 0 Å². The highest BCUT2D eigenvalue weighted by atomic mass is 14.9. The fourth-order valence-electron chi connectivity index (χ4n) is 4.00. The quantitative estimate of drug-likeness (QED) is 0.246. The van der Waals surface area contributed by atoms with E-state index in [9.17, 15) is 0 Å². The molecule has 0 aliphatic heterocycles. The van der Waals surface area contributed by atoms with Gasteiger partial charge in [-0.2, -0.15) is 0 Å². The van der Waals surface area contributed by atoms with Crippen molar-refractivity contribution in [2.24, 2.45) is 0 Å². The fourth-order valence-corrected chi connectivity index (χ4v) is 4.00. The number of hydrogen-bond donors (Lipinski definition) is 2. The number of hydrogen-bond acceptors (Lipinski definition) is 6. The van der Waals surface area contributed by atoms with E-state index in [4.69, 9.17) is 9.97 Å². The zero-order valence-electron chi connectivity index (χ0n) is 19.1. The van der Waals surface area contributed by atoms with Gasteiger partial charge in [0.2, 0.25) is 0 Å². The van der Waals surface area contributed by atoms with Crippen LogP contribution < -0.4 is 10.6 Å². The maximum Gasteiger partial charge on any atom is 0.0968 e. The molecule has 0 atom stereocenters. The molecule has 0 aliphatic rings. The molecule has 0 fully saturated rings. The lowest BCUT2D eigenvalue weighted by Crippen LogP contribution is -2.18. The molecule has 0 aliphatic carbocycles. The van der Waals surface area contributed by atoms with E-state index in [1.165, 1.54) is 0 Å². The van der Waals surface area contributed by atoms with E-state index < -0.39 is 0 Å². The van der Waals surface area contributed by atoms with E-state index in [-0.39, 0.29) is 0 Å². The summed E-state index contributed by atoms with van der Waals surface area (Å²) in [5.41, 5.74) is 6.13. The van der Waals surface area contributed by atoms with Gasteiger partial charge in [0.1, 0.15) is 0 Å². The largest absolute Gasteiger partial charge is 0.311 e. The molecule has 4 heterocycles. The highest BCUT2D eigenvalue weighted by Gasteiger charge is 2.07. The summed E-state index contributed by atoms with van der Waals surface area (Å²) in [5, 5.41) is 9.19. The Hall–Kier alpha value is -3.74. The van der Waals surface area contributed by atoms with Crippen LogP contribution in [0.3, 0.4) is 0 Å². The summed E-state index contributed by atoms with van der Waals surface area (Å²) in [6, 6.07) is 24.7. The second-order valence-electron chi connectivity index (χ2n) is 8.31. The van der Waals surface area contributed by atoms with Gasteiger partial charge in [-0.05, 0) is 36.4 Å².